The first kappa shape index (κ1) is 18.5. The third-order valence-electron chi connectivity index (χ3n) is 5.79. The summed E-state index contributed by atoms with van der Waals surface area (Å²) < 4.78 is 5.19. The van der Waals surface area contributed by atoms with Crippen LogP contribution in [0.1, 0.15) is 80.6 Å². The van der Waals surface area contributed by atoms with Gasteiger partial charge in [-0.2, -0.15) is 0 Å². The Morgan fingerprint density at radius 1 is 0.895 bits per heavy atom. The van der Waals surface area contributed by atoms with Crippen molar-refractivity contribution in [2.24, 2.45) is 16.2 Å². The van der Waals surface area contributed by atoms with Gasteiger partial charge in [-0.05, 0) is 30.1 Å². The summed E-state index contributed by atoms with van der Waals surface area (Å²) in [6, 6.07) is 0. The van der Waals surface area contributed by atoms with Crippen molar-refractivity contribution in [2.75, 3.05) is 7.11 Å². The average Bonchev–Trinajstić information content (AvgIpc) is 2.43. The summed E-state index contributed by atoms with van der Waals surface area (Å²) in [6.45, 7) is 15.5. The van der Waals surface area contributed by atoms with E-state index in [1.54, 1.807) is 0 Å². The molecule has 0 aromatic carbocycles. The summed E-state index contributed by atoms with van der Waals surface area (Å²) in [5.41, 5.74) is -0.214. The van der Waals surface area contributed by atoms with Crippen LogP contribution in [0.25, 0.3) is 0 Å². The molecule has 2 heteroatoms. The zero-order valence-corrected chi connectivity index (χ0v) is 14.4. The maximum atomic E-state index is 12.6. The van der Waals surface area contributed by atoms with E-state index in [2.05, 4.69) is 48.5 Å². The molecule has 0 rings (SSSR count). The van der Waals surface area contributed by atoms with Gasteiger partial charge in [0.2, 0.25) is 0 Å². The highest BCUT2D eigenvalue weighted by Crippen LogP contribution is 2.53. The quantitative estimate of drug-likeness (QED) is 0.566. The van der Waals surface area contributed by atoms with Crippen LogP contribution in [0, 0.1) is 16.2 Å². The highest BCUT2D eigenvalue weighted by molar-refractivity contribution is 5.77. The zero-order chi connectivity index (χ0) is 15.3. The van der Waals surface area contributed by atoms with Crippen LogP contribution in [0.2, 0.25) is 0 Å². The molecule has 0 N–H and O–H groups in total. The molecule has 0 fully saturated rings. The SMILES string of the molecule is CCC(C)(CC)CC(CC)(C(=O)OC)C(C)(C)CC. The van der Waals surface area contributed by atoms with E-state index in [4.69, 9.17) is 4.74 Å². The van der Waals surface area contributed by atoms with Gasteiger partial charge in [-0.25, -0.2) is 0 Å². The summed E-state index contributed by atoms with van der Waals surface area (Å²) in [6.07, 6.45) is 4.94. The second kappa shape index (κ2) is 6.76. The van der Waals surface area contributed by atoms with Crippen LogP contribution in [0.5, 0.6) is 0 Å². The Morgan fingerprint density at radius 3 is 1.63 bits per heavy atom. The smallest absolute Gasteiger partial charge is 0.312 e. The van der Waals surface area contributed by atoms with Gasteiger partial charge >= 0.3 is 5.97 Å². The van der Waals surface area contributed by atoms with E-state index in [1.807, 2.05) is 0 Å². The van der Waals surface area contributed by atoms with Crippen molar-refractivity contribution < 1.29 is 9.53 Å². The molecule has 0 radical (unpaired) electrons. The molecule has 0 bridgehead atoms. The van der Waals surface area contributed by atoms with Crippen molar-refractivity contribution >= 4 is 5.97 Å². The minimum atomic E-state index is -0.378. The van der Waals surface area contributed by atoms with E-state index in [-0.39, 0.29) is 22.2 Å². The highest BCUT2D eigenvalue weighted by Gasteiger charge is 2.52. The number of esters is 1. The number of carbonyl (C=O) groups excluding carboxylic acids is 1. The van der Waals surface area contributed by atoms with E-state index < -0.39 is 0 Å². The van der Waals surface area contributed by atoms with E-state index in [9.17, 15) is 4.79 Å². The predicted octanol–water partition coefficient (Wildman–Crippen LogP) is 5.21. The van der Waals surface area contributed by atoms with Crippen molar-refractivity contribution in [3.05, 3.63) is 0 Å². The molecule has 1 unspecified atom stereocenters. The summed E-state index contributed by atoms with van der Waals surface area (Å²) in [5.74, 6) is -0.0324. The van der Waals surface area contributed by atoms with Crippen molar-refractivity contribution in [1.82, 2.24) is 0 Å². The molecular formula is C17H34O2. The first-order chi connectivity index (χ1) is 8.68. The topological polar surface area (TPSA) is 26.3 Å². The molecule has 0 aliphatic heterocycles. The fourth-order valence-corrected chi connectivity index (χ4v) is 3.10. The Morgan fingerprint density at radius 2 is 1.37 bits per heavy atom. The molecular weight excluding hydrogens is 236 g/mol. The molecule has 0 saturated carbocycles. The third kappa shape index (κ3) is 3.52. The summed E-state index contributed by atoms with van der Waals surface area (Å²) in [4.78, 5) is 12.6. The lowest BCUT2D eigenvalue weighted by molar-refractivity contribution is -0.166. The van der Waals surface area contributed by atoms with Gasteiger partial charge in [0.1, 0.15) is 0 Å². The van der Waals surface area contributed by atoms with Crippen LogP contribution in [0.15, 0.2) is 0 Å². The Kier molecular flexibility index (Phi) is 6.57. The number of ether oxygens (including phenoxy) is 1. The second-order valence-electron chi connectivity index (χ2n) is 6.86. The summed E-state index contributed by atoms with van der Waals surface area (Å²) >= 11 is 0. The third-order valence-corrected chi connectivity index (χ3v) is 5.79. The largest absolute Gasteiger partial charge is 0.469 e. The molecule has 0 amide bonds. The van der Waals surface area contributed by atoms with Crippen LogP contribution >= 0.6 is 0 Å². The number of hydrogen-bond donors (Lipinski definition) is 0. The van der Waals surface area contributed by atoms with Gasteiger partial charge in [0.15, 0.2) is 0 Å². The van der Waals surface area contributed by atoms with Crippen molar-refractivity contribution in [3.8, 4) is 0 Å². The molecule has 19 heavy (non-hydrogen) atoms. The van der Waals surface area contributed by atoms with Gasteiger partial charge in [-0.3, -0.25) is 4.79 Å². The van der Waals surface area contributed by atoms with Gasteiger partial charge in [0.05, 0.1) is 12.5 Å². The molecule has 114 valence electrons. The normalized spacial score (nSPS) is 16.0. The van der Waals surface area contributed by atoms with Crippen LogP contribution in [0.4, 0.5) is 0 Å². The second-order valence-corrected chi connectivity index (χ2v) is 6.86. The molecule has 0 saturated heterocycles. The van der Waals surface area contributed by atoms with Gasteiger partial charge in [0, 0.05) is 0 Å². The Hall–Kier alpha value is -0.530. The Labute approximate surface area is 120 Å². The average molecular weight is 270 g/mol. The molecule has 0 heterocycles. The van der Waals surface area contributed by atoms with Crippen LogP contribution in [-0.4, -0.2) is 13.1 Å². The maximum absolute atomic E-state index is 12.6. The zero-order valence-electron chi connectivity index (χ0n) is 14.4. The first-order valence-electron chi connectivity index (χ1n) is 7.77. The van der Waals surface area contributed by atoms with E-state index in [1.165, 1.54) is 7.11 Å². The lowest BCUT2D eigenvalue weighted by atomic mass is 9.55. The summed E-state index contributed by atoms with van der Waals surface area (Å²) in [7, 11) is 1.52. The van der Waals surface area contributed by atoms with Crippen LogP contribution in [-0.2, 0) is 9.53 Å². The highest BCUT2D eigenvalue weighted by atomic mass is 16.5. The van der Waals surface area contributed by atoms with E-state index in [0.717, 1.165) is 32.1 Å². The van der Waals surface area contributed by atoms with Crippen molar-refractivity contribution in [2.45, 2.75) is 80.6 Å². The molecule has 0 aliphatic carbocycles. The number of hydrogen-bond acceptors (Lipinski definition) is 2. The van der Waals surface area contributed by atoms with Crippen LogP contribution in [0.3, 0.4) is 0 Å². The minimum Gasteiger partial charge on any atom is -0.469 e. The van der Waals surface area contributed by atoms with E-state index >= 15 is 0 Å². The molecule has 0 aromatic rings. The molecule has 0 aromatic heterocycles. The van der Waals surface area contributed by atoms with Crippen molar-refractivity contribution in [1.29, 1.82) is 0 Å². The van der Waals surface area contributed by atoms with Gasteiger partial charge < -0.3 is 4.74 Å². The lowest BCUT2D eigenvalue weighted by Gasteiger charge is -2.48. The minimum absolute atomic E-state index is 0.0324. The maximum Gasteiger partial charge on any atom is 0.312 e. The number of rotatable bonds is 8. The van der Waals surface area contributed by atoms with Gasteiger partial charge in [-0.15, -0.1) is 0 Å². The van der Waals surface area contributed by atoms with Gasteiger partial charge in [0.25, 0.3) is 0 Å². The Bertz CT molecular complexity index is 290. The molecule has 0 spiro atoms. The predicted molar refractivity (Wildman–Crippen MR) is 82.1 cm³/mol. The fraction of sp³-hybridized carbons (Fsp3) is 0.941. The molecule has 0 aliphatic rings. The van der Waals surface area contributed by atoms with E-state index in [0.29, 0.717) is 0 Å². The lowest BCUT2D eigenvalue weighted by Crippen LogP contribution is -2.47. The summed E-state index contributed by atoms with van der Waals surface area (Å²) in [5, 5.41) is 0. The Balaban J connectivity index is 5.69. The molecule has 2 nitrogen and oxygen atoms in total. The van der Waals surface area contributed by atoms with Gasteiger partial charge in [-0.1, -0.05) is 61.3 Å². The monoisotopic (exact) mass is 270 g/mol. The fourth-order valence-electron chi connectivity index (χ4n) is 3.10. The van der Waals surface area contributed by atoms with Crippen molar-refractivity contribution in [3.63, 3.8) is 0 Å². The number of carbonyl (C=O) groups is 1. The molecule has 1 atom stereocenters. The number of methoxy groups -OCH3 is 1. The first-order valence-corrected chi connectivity index (χ1v) is 7.77. The standard InChI is InChI=1S/C17H34O2/c1-9-15(5,6)17(12-4,14(18)19-8)13-16(7,10-2)11-3/h9-13H2,1-8H3. The van der Waals surface area contributed by atoms with Crippen LogP contribution < -0.4 is 0 Å².